The largest absolute Gasteiger partial charge is 0.393 e. The highest BCUT2D eigenvalue weighted by atomic mass is 35.5. The number of aliphatic hydroxyl groups is 1. The van der Waals surface area contributed by atoms with Crippen LogP contribution in [0.2, 0.25) is 5.02 Å². The van der Waals surface area contributed by atoms with Gasteiger partial charge in [-0.3, -0.25) is 9.59 Å². The second-order valence-electron chi connectivity index (χ2n) is 6.16. The number of halogens is 1. The van der Waals surface area contributed by atoms with E-state index in [0.29, 0.717) is 17.3 Å². The molecule has 2 rings (SSSR count). The van der Waals surface area contributed by atoms with Crippen molar-refractivity contribution in [3.8, 4) is 0 Å². The smallest absolute Gasteiger partial charge is 0.313 e. The average molecular weight is 339 g/mol. The summed E-state index contributed by atoms with van der Waals surface area (Å²) >= 11 is 6.01. The molecule has 2 atom stereocenters. The molecule has 0 radical (unpaired) electrons. The number of anilines is 1. The molecule has 0 saturated heterocycles. The van der Waals surface area contributed by atoms with Gasteiger partial charge in [-0.2, -0.15) is 0 Å². The van der Waals surface area contributed by atoms with E-state index in [1.807, 2.05) is 0 Å². The number of likely N-dealkylation sites (N-methyl/N-ethyl adjacent to an activating group) is 1. The van der Waals surface area contributed by atoms with Crippen molar-refractivity contribution in [3.63, 3.8) is 0 Å². The van der Waals surface area contributed by atoms with Crippen LogP contribution in [0.1, 0.15) is 31.2 Å². The second-order valence-corrected chi connectivity index (χ2v) is 6.57. The number of hydrogen-bond donors (Lipinski definition) is 2. The van der Waals surface area contributed by atoms with Crippen LogP contribution in [0, 0.1) is 12.8 Å². The van der Waals surface area contributed by atoms with Gasteiger partial charge in [0, 0.05) is 30.2 Å². The van der Waals surface area contributed by atoms with Gasteiger partial charge in [0.15, 0.2) is 0 Å². The van der Waals surface area contributed by atoms with Gasteiger partial charge in [0.25, 0.3) is 0 Å². The van der Waals surface area contributed by atoms with Gasteiger partial charge in [0.1, 0.15) is 0 Å². The van der Waals surface area contributed by atoms with Gasteiger partial charge in [0.05, 0.1) is 6.10 Å². The Kier molecular flexibility index (Phi) is 6.02. The third kappa shape index (κ3) is 4.45. The standard InChI is InChI=1S/C17H23ClN2O3/c1-11-13(18)7-5-8-14(11)19-16(22)17(23)20(2)10-12-6-3-4-9-15(12)21/h5,7-8,12,15,21H,3-4,6,9-10H2,1-2H3,(H,19,22). The third-order valence-corrected chi connectivity index (χ3v) is 4.84. The van der Waals surface area contributed by atoms with Gasteiger partial charge in [0.2, 0.25) is 0 Å². The lowest BCUT2D eigenvalue weighted by Crippen LogP contribution is -2.42. The molecule has 1 aliphatic rings. The molecule has 2 amide bonds. The first-order valence-corrected chi connectivity index (χ1v) is 8.27. The quantitative estimate of drug-likeness (QED) is 0.832. The fourth-order valence-corrected chi connectivity index (χ4v) is 3.10. The topological polar surface area (TPSA) is 69.6 Å². The third-order valence-electron chi connectivity index (χ3n) is 4.43. The van der Waals surface area contributed by atoms with Gasteiger partial charge < -0.3 is 15.3 Å². The van der Waals surface area contributed by atoms with Crippen LogP contribution >= 0.6 is 11.6 Å². The first-order chi connectivity index (χ1) is 10.9. The normalized spacial score (nSPS) is 20.9. The van der Waals surface area contributed by atoms with E-state index in [9.17, 15) is 14.7 Å². The number of carbonyl (C=O) groups excluding carboxylic acids is 2. The van der Waals surface area contributed by atoms with Gasteiger partial charge in [-0.15, -0.1) is 0 Å². The molecule has 2 N–H and O–H groups in total. The molecule has 126 valence electrons. The van der Waals surface area contributed by atoms with Crippen LogP contribution in [0.15, 0.2) is 18.2 Å². The van der Waals surface area contributed by atoms with Crippen LogP contribution in [0.4, 0.5) is 5.69 Å². The molecule has 1 aromatic rings. The Balaban J connectivity index is 1.96. The van der Waals surface area contributed by atoms with Crippen molar-refractivity contribution in [1.29, 1.82) is 0 Å². The Morgan fingerprint density at radius 2 is 2.04 bits per heavy atom. The highest BCUT2D eigenvalue weighted by molar-refractivity contribution is 6.39. The van der Waals surface area contributed by atoms with Crippen molar-refractivity contribution in [2.24, 2.45) is 5.92 Å². The molecule has 1 fully saturated rings. The van der Waals surface area contributed by atoms with Gasteiger partial charge in [-0.05, 0) is 37.5 Å². The van der Waals surface area contributed by atoms with E-state index in [2.05, 4.69) is 5.32 Å². The van der Waals surface area contributed by atoms with Crippen LogP contribution in [-0.2, 0) is 9.59 Å². The minimum Gasteiger partial charge on any atom is -0.393 e. The number of aliphatic hydroxyl groups excluding tert-OH is 1. The molecule has 0 aliphatic heterocycles. The summed E-state index contributed by atoms with van der Waals surface area (Å²) < 4.78 is 0. The summed E-state index contributed by atoms with van der Waals surface area (Å²) in [7, 11) is 1.59. The van der Waals surface area contributed by atoms with Crippen molar-refractivity contribution >= 4 is 29.1 Å². The minimum atomic E-state index is -0.692. The number of nitrogens with zero attached hydrogens (tertiary/aromatic N) is 1. The van der Waals surface area contributed by atoms with E-state index >= 15 is 0 Å². The summed E-state index contributed by atoms with van der Waals surface area (Å²) in [6.07, 6.45) is 3.33. The fraction of sp³-hybridized carbons (Fsp3) is 0.529. The first kappa shape index (κ1) is 17.8. The van der Waals surface area contributed by atoms with Gasteiger partial charge in [-0.1, -0.05) is 30.5 Å². The summed E-state index contributed by atoms with van der Waals surface area (Å²) in [5.74, 6) is -1.26. The summed E-state index contributed by atoms with van der Waals surface area (Å²) in [4.78, 5) is 25.7. The molecule has 0 aromatic heterocycles. The summed E-state index contributed by atoms with van der Waals surface area (Å²) in [6.45, 7) is 2.17. The van der Waals surface area contributed by atoms with Crippen LogP contribution < -0.4 is 5.32 Å². The molecule has 1 saturated carbocycles. The van der Waals surface area contributed by atoms with E-state index in [4.69, 9.17) is 11.6 Å². The highest BCUT2D eigenvalue weighted by Gasteiger charge is 2.27. The number of rotatable bonds is 3. The molecule has 23 heavy (non-hydrogen) atoms. The zero-order valence-electron chi connectivity index (χ0n) is 13.5. The monoisotopic (exact) mass is 338 g/mol. The molecule has 2 unspecified atom stereocenters. The zero-order chi connectivity index (χ0) is 17.0. The summed E-state index contributed by atoms with van der Waals surface area (Å²) in [6, 6.07) is 5.15. The Morgan fingerprint density at radius 3 is 2.74 bits per heavy atom. The van der Waals surface area contributed by atoms with Crippen LogP contribution in [0.3, 0.4) is 0 Å². The van der Waals surface area contributed by atoms with Crippen molar-refractivity contribution in [2.45, 2.75) is 38.7 Å². The molecule has 0 spiro atoms. The maximum absolute atomic E-state index is 12.2. The molecular weight excluding hydrogens is 316 g/mol. The van der Waals surface area contributed by atoms with E-state index in [1.165, 1.54) is 4.90 Å². The fourth-order valence-electron chi connectivity index (χ4n) is 2.93. The Hall–Kier alpha value is -1.59. The lowest BCUT2D eigenvalue weighted by Gasteiger charge is -2.30. The van der Waals surface area contributed by atoms with Crippen molar-refractivity contribution in [1.82, 2.24) is 4.90 Å². The highest BCUT2D eigenvalue weighted by Crippen LogP contribution is 2.25. The van der Waals surface area contributed by atoms with Crippen LogP contribution in [-0.4, -0.2) is 41.5 Å². The number of hydrogen-bond acceptors (Lipinski definition) is 3. The van der Waals surface area contributed by atoms with Crippen LogP contribution in [0.5, 0.6) is 0 Å². The molecule has 0 heterocycles. The molecule has 1 aliphatic carbocycles. The second kappa shape index (κ2) is 7.79. The number of carbonyl (C=O) groups is 2. The van der Waals surface area contributed by atoms with Gasteiger partial charge >= 0.3 is 11.8 Å². The summed E-state index contributed by atoms with van der Waals surface area (Å²) in [5, 5.41) is 13.1. The van der Waals surface area contributed by atoms with Crippen molar-refractivity contribution in [3.05, 3.63) is 28.8 Å². The van der Waals surface area contributed by atoms with Gasteiger partial charge in [-0.25, -0.2) is 0 Å². The molecule has 6 heteroatoms. The Bertz CT molecular complexity index is 591. The van der Waals surface area contributed by atoms with E-state index in [-0.39, 0.29) is 5.92 Å². The molecule has 1 aromatic carbocycles. The minimum absolute atomic E-state index is 0.0402. The average Bonchev–Trinajstić information content (AvgIpc) is 2.53. The molecule has 5 nitrogen and oxygen atoms in total. The van der Waals surface area contributed by atoms with E-state index in [0.717, 1.165) is 31.2 Å². The Morgan fingerprint density at radius 1 is 1.35 bits per heavy atom. The van der Waals surface area contributed by atoms with Crippen molar-refractivity contribution < 1.29 is 14.7 Å². The maximum Gasteiger partial charge on any atom is 0.313 e. The predicted molar refractivity (Wildman–Crippen MR) is 90.4 cm³/mol. The maximum atomic E-state index is 12.2. The van der Waals surface area contributed by atoms with E-state index < -0.39 is 17.9 Å². The Labute approximate surface area is 141 Å². The number of amides is 2. The summed E-state index contributed by atoms with van der Waals surface area (Å²) in [5.41, 5.74) is 1.25. The van der Waals surface area contributed by atoms with Crippen molar-refractivity contribution in [2.75, 3.05) is 18.9 Å². The molecular formula is C17H23ClN2O3. The molecule has 0 bridgehead atoms. The first-order valence-electron chi connectivity index (χ1n) is 7.89. The zero-order valence-corrected chi connectivity index (χ0v) is 14.3. The number of benzene rings is 1. The lowest BCUT2D eigenvalue weighted by atomic mass is 9.86. The SMILES string of the molecule is Cc1c(Cl)cccc1NC(=O)C(=O)N(C)CC1CCCCC1O. The predicted octanol–water partition coefficient (Wildman–Crippen LogP) is 2.60. The van der Waals surface area contributed by atoms with E-state index in [1.54, 1.807) is 32.2 Å². The number of nitrogens with one attached hydrogen (secondary N) is 1. The lowest BCUT2D eigenvalue weighted by molar-refractivity contribution is -0.143. The van der Waals surface area contributed by atoms with Crippen LogP contribution in [0.25, 0.3) is 0 Å².